The van der Waals surface area contributed by atoms with Crippen LogP contribution in [0.2, 0.25) is 5.15 Å². The summed E-state index contributed by atoms with van der Waals surface area (Å²) in [4.78, 5) is 4.28. The standard InChI is InChI=1S/C14H10ClN3/c1-9-6-7-10(8-16-9)13-11-4-2-3-5-12(11)14(15)18-17-13/h2-8H,1H3. The fraction of sp³-hybridized carbons (Fsp3) is 0.0714. The summed E-state index contributed by atoms with van der Waals surface area (Å²) in [6.07, 6.45) is 1.81. The van der Waals surface area contributed by atoms with E-state index in [9.17, 15) is 0 Å². The smallest absolute Gasteiger partial charge is 0.159 e. The first-order valence-corrected chi connectivity index (χ1v) is 5.97. The van der Waals surface area contributed by atoms with Crippen molar-refractivity contribution < 1.29 is 0 Å². The number of hydrogen-bond acceptors (Lipinski definition) is 3. The molecule has 4 heteroatoms. The predicted octanol–water partition coefficient (Wildman–Crippen LogP) is 3.65. The van der Waals surface area contributed by atoms with Crippen LogP contribution in [-0.4, -0.2) is 15.2 Å². The van der Waals surface area contributed by atoms with E-state index in [1.54, 1.807) is 6.20 Å². The van der Waals surface area contributed by atoms with E-state index in [0.29, 0.717) is 5.15 Å². The number of aryl methyl sites for hydroxylation is 1. The molecule has 0 aliphatic carbocycles. The molecule has 1 aromatic carbocycles. The fourth-order valence-electron chi connectivity index (χ4n) is 1.89. The van der Waals surface area contributed by atoms with E-state index in [-0.39, 0.29) is 0 Å². The summed E-state index contributed by atoms with van der Waals surface area (Å²) in [6, 6.07) is 11.8. The fourth-order valence-corrected chi connectivity index (χ4v) is 2.09. The molecule has 3 aromatic rings. The first-order valence-electron chi connectivity index (χ1n) is 5.59. The average molecular weight is 256 g/mol. The normalized spacial score (nSPS) is 10.8. The Kier molecular flexibility index (Phi) is 2.68. The van der Waals surface area contributed by atoms with Gasteiger partial charge >= 0.3 is 0 Å². The van der Waals surface area contributed by atoms with E-state index in [1.807, 2.05) is 43.3 Å². The Balaban J connectivity index is 2.30. The van der Waals surface area contributed by atoms with Gasteiger partial charge in [-0.05, 0) is 19.1 Å². The number of hydrogen-bond donors (Lipinski definition) is 0. The van der Waals surface area contributed by atoms with Gasteiger partial charge in [-0.3, -0.25) is 4.98 Å². The van der Waals surface area contributed by atoms with E-state index in [2.05, 4.69) is 15.2 Å². The third kappa shape index (κ3) is 1.83. The molecule has 3 nitrogen and oxygen atoms in total. The second-order valence-electron chi connectivity index (χ2n) is 4.07. The maximum atomic E-state index is 6.05. The van der Waals surface area contributed by atoms with Gasteiger partial charge < -0.3 is 0 Å². The molecule has 2 aromatic heterocycles. The number of benzene rings is 1. The minimum absolute atomic E-state index is 0.425. The Bertz CT molecular complexity index is 708. The van der Waals surface area contributed by atoms with Crippen molar-refractivity contribution in [2.75, 3.05) is 0 Å². The van der Waals surface area contributed by atoms with Crippen LogP contribution in [0.15, 0.2) is 42.6 Å². The molecule has 0 spiro atoms. The van der Waals surface area contributed by atoms with Crippen LogP contribution in [0, 0.1) is 6.92 Å². The van der Waals surface area contributed by atoms with Crippen LogP contribution in [0.3, 0.4) is 0 Å². The summed E-state index contributed by atoms with van der Waals surface area (Å²) < 4.78 is 0. The third-order valence-corrected chi connectivity index (χ3v) is 3.11. The molecule has 0 saturated carbocycles. The topological polar surface area (TPSA) is 38.7 Å². The van der Waals surface area contributed by atoms with Crippen LogP contribution >= 0.6 is 11.6 Å². The molecule has 0 atom stereocenters. The van der Waals surface area contributed by atoms with Gasteiger partial charge in [0.05, 0.1) is 0 Å². The van der Waals surface area contributed by atoms with Crippen molar-refractivity contribution in [2.45, 2.75) is 6.92 Å². The number of aromatic nitrogens is 3. The number of rotatable bonds is 1. The summed E-state index contributed by atoms with van der Waals surface area (Å²) in [5.74, 6) is 0. The summed E-state index contributed by atoms with van der Waals surface area (Å²) >= 11 is 6.05. The van der Waals surface area contributed by atoms with Gasteiger partial charge in [-0.15, -0.1) is 10.2 Å². The van der Waals surface area contributed by atoms with E-state index < -0.39 is 0 Å². The van der Waals surface area contributed by atoms with E-state index in [4.69, 9.17) is 11.6 Å². The monoisotopic (exact) mass is 255 g/mol. The van der Waals surface area contributed by atoms with E-state index in [0.717, 1.165) is 27.7 Å². The van der Waals surface area contributed by atoms with Crippen molar-refractivity contribution >= 4 is 22.4 Å². The Morgan fingerprint density at radius 1 is 0.944 bits per heavy atom. The number of nitrogens with zero attached hydrogens (tertiary/aromatic N) is 3. The Morgan fingerprint density at radius 2 is 1.72 bits per heavy atom. The molecule has 0 N–H and O–H groups in total. The lowest BCUT2D eigenvalue weighted by Gasteiger charge is -2.05. The van der Waals surface area contributed by atoms with Crippen LogP contribution in [0.25, 0.3) is 22.0 Å². The number of fused-ring (bicyclic) bond motifs is 1. The molecule has 0 aliphatic rings. The molecule has 0 saturated heterocycles. The molecule has 2 heterocycles. The van der Waals surface area contributed by atoms with E-state index >= 15 is 0 Å². The number of pyridine rings is 1. The van der Waals surface area contributed by atoms with Crippen molar-refractivity contribution in [1.82, 2.24) is 15.2 Å². The quantitative estimate of drug-likeness (QED) is 0.666. The van der Waals surface area contributed by atoms with Crippen LogP contribution in [0.1, 0.15) is 5.69 Å². The lowest BCUT2D eigenvalue weighted by atomic mass is 10.1. The summed E-state index contributed by atoms with van der Waals surface area (Å²) in [5.41, 5.74) is 2.73. The lowest BCUT2D eigenvalue weighted by Crippen LogP contribution is -1.92. The average Bonchev–Trinajstić information content (AvgIpc) is 2.41. The molecule has 0 bridgehead atoms. The summed E-state index contributed by atoms with van der Waals surface area (Å²) in [7, 11) is 0. The molecular formula is C14H10ClN3. The van der Waals surface area contributed by atoms with Crippen LogP contribution in [0.4, 0.5) is 0 Å². The molecule has 3 rings (SSSR count). The minimum atomic E-state index is 0.425. The molecule has 88 valence electrons. The highest BCUT2D eigenvalue weighted by molar-refractivity contribution is 6.34. The molecule has 0 radical (unpaired) electrons. The highest BCUT2D eigenvalue weighted by Gasteiger charge is 2.09. The predicted molar refractivity (Wildman–Crippen MR) is 72.5 cm³/mol. The molecular weight excluding hydrogens is 246 g/mol. The minimum Gasteiger partial charge on any atom is -0.261 e. The molecule has 0 amide bonds. The van der Waals surface area contributed by atoms with Crippen LogP contribution in [0.5, 0.6) is 0 Å². The third-order valence-electron chi connectivity index (χ3n) is 2.83. The summed E-state index contributed by atoms with van der Waals surface area (Å²) in [6.45, 7) is 1.95. The Morgan fingerprint density at radius 3 is 2.44 bits per heavy atom. The lowest BCUT2D eigenvalue weighted by molar-refractivity contribution is 1.05. The maximum absolute atomic E-state index is 6.05. The van der Waals surface area contributed by atoms with Crippen molar-refractivity contribution in [1.29, 1.82) is 0 Å². The zero-order valence-corrected chi connectivity index (χ0v) is 10.5. The first kappa shape index (κ1) is 11.1. The SMILES string of the molecule is Cc1ccc(-c2nnc(Cl)c3ccccc23)cn1. The van der Waals surface area contributed by atoms with Gasteiger partial charge in [0, 0.05) is 28.2 Å². The Labute approximate surface area is 109 Å². The molecule has 0 aliphatic heterocycles. The largest absolute Gasteiger partial charge is 0.261 e. The van der Waals surface area contributed by atoms with Gasteiger partial charge in [-0.1, -0.05) is 35.9 Å². The highest BCUT2D eigenvalue weighted by atomic mass is 35.5. The zero-order chi connectivity index (χ0) is 12.5. The van der Waals surface area contributed by atoms with Gasteiger partial charge in [0.2, 0.25) is 0 Å². The Hall–Kier alpha value is -2.00. The molecule has 0 unspecified atom stereocenters. The molecule has 18 heavy (non-hydrogen) atoms. The van der Waals surface area contributed by atoms with Crippen molar-refractivity contribution in [2.24, 2.45) is 0 Å². The highest BCUT2D eigenvalue weighted by Crippen LogP contribution is 2.28. The van der Waals surface area contributed by atoms with Gasteiger partial charge in [0.25, 0.3) is 0 Å². The van der Waals surface area contributed by atoms with Crippen molar-refractivity contribution in [3.05, 3.63) is 53.4 Å². The zero-order valence-electron chi connectivity index (χ0n) is 9.76. The van der Waals surface area contributed by atoms with Crippen LogP contribution < -0.4 is 0 Å². The first-order chi connectivity index (χ1) is 8.75. The number of halogens is 1. The van der Waals surface area contributed by atoms with Gasteiger partial charge in [-0.25, -0.2) is 0 Å². The van der Waals surface area contributed by atoms with Gasteiger partial charge in [0.1, 0.15) is 5.69 Å². The molecule has 0 fully saturated rings. The van der Waals surface area contributed by atoms with Crippen LogP contribution in [-0.2, 0) is 0 Å². The maximum Gasteiger partial charge on any atom is 0.159 e. The second-order valence-corrected chi connectivity index (χ2v) is 4.43. The van der Waals surface area contributed by atoms with E-state index in [1.165, 1.54) is 0 Å². The van der Waals surface area contributed by atoms with Crippen molar-refractivity contribution in [3.8, 4) is 11.3 Å². The van der Waals surface area contributed by atoms with Crippen molar-refractivity contribution in [3.63, 3.8) is 0 Å². The second kappa shape index (κ2) is 4.35. The van der Waals surface area contributed by atoms with Gasteiger partial charge in [0.15, 0.2) is 5.15 Å². The van der Waals surface area contributed by atoms with Gasteiger partial charge in [-0.2, -0.15) is 0 Å². The summed E-state index contributed by atoms with van der Waals surface area (Å²) in [5, 5.41) is 10.5.